The molecule has 0 aliphatic heterocycles. The van der Waals surface area contributed by atoms with Crippen LogP contribution < -0.4 is 0 Å². The van der Waals surface area contributed by atoms with Gasteiger partial charge in [-0.15, -0.1) is 0 Å². The lowest BCUT2D eigenvalue weighted by atomic mass is 9.46. The first-order valence-corrected chi connectivity index (χ1v) is 10.2. The first-order valence-electron chi connectivity index (χ1n) is 10.2. The molecule has 0 nitrogen and oxygen atoms in total. The summed E-state index contributed by atoms with van der Waals surface area (Å²) in [5, 5.41) is 0. The minimum absolute atomic E-state index is 0.546. The van der Waals surface area contributed by atoms with E-state index in [1.54, 1.807) is 0 Å². The third-order valence-corrected chi connectivity index (χ3v) is 7.42. The summed E-state index contributed by atoms with van der Waals surface area (Å²) >= 11 is 0. The van der Waals surface area contributed by atoms with Crippen molar-refractivity contribution in [3.8, 4) is 0 Å². The van der Waals surface area contributed by atoms with Gasteiger partial charge in [0.1, 0.15) is 0 Å². The topological polar surface area (TPSA) is 0 Å². The molecule has 0 amide bonds. The van der Waals surface area contributed by atoms with Crippen LogP contribution in [0.25, 0.3) is 0 Å². The molecule has 0 aromatic heterocycles. The molecule has 4 atom stereocenters. The third-order valence-electron chi connectivity index (χ3n) is 7.42. The van der Waals surface area contributed by atoms with Crippen LogP contribution >= 0.6 is 0 Å². The predicted octanol–water partition coefficient (Wildman–Crippen LogP) is 7.56. The highest BCUT2D eigenvalue weighted by atomic mass is 14.6. The van der Waals surface area contributed by atoms with Crippen molar-refractivity contribution in [2.24, 2.45) is 28.6 Å². The van der Waals surface area contributed by atoms with Gasteiger partial charge >= 0.3 is 0 Å². The molecule has 0 saturated heterocycles. The van der Waals surface area contributed by atoms with Gasteiger partial charge in [0, 0.05) is 0 Å². The summed E-state index contributed by atoms with van der Waals surface area (Å²) < 4.78 is 0. The quantitative estimate of drug-likeness (QED) is 0.443. The van der Waals surface area contributed by atoms with Crippen LogP contribution in [-0.2, 0) is 0 Å². The average Bonchev–Trinajstić information content (AvgIpc) is 2.48. The first-order chi connectivity index (χ1) is 10.8. The molecule has 0 bridgehead atoms. The Morgan fingerprint density at radius 2 is 1.91 bits per heavy atom. The molecule has 0 heterocycles. The first kappa shape index (κ1) is 18.8. The van der Waals surface area contributed by atoms with Crippen LogP contribution in [0, 0.1) is 28.6 Å². The second-order valence-electron chi connectivity index (χ2n) is 9.37. The fraction of sp³-hybridized carbons (Fsp3) is 0.826. The van der Waals surface area contributed by atoms with Crippen molar-refractivity contribution in [1.29, 1.82) is 0 Å². The Bertz CT molecular complexity index is 427. The van der Waals surface area contributed by atoms with Crippen molar-refractivity contribution < 1.29 is 0 Å². The van der Waals surface area contributed by atoms with Crippen LogP contribution in [0.4, 0.5) is 0 Å². The van der Waals surface area contributed by atoms with E-state index in [1.807, 2.05) is 0 Å². The Morgan fingerprint density at radius 3 is 2.57 bits per heavy atom. The summed E-state index contributed by atoms with van der Waals surface area (Å²) in [5.41, 5.74) is 2.60. The van der Waals surface area contributed by atoms with Crippen LogP contribution in [0.2, 0.25) is 0 Å². The molecule has 0 heteroatoms. The van der Waals surface area contributed by atoms with E-state index in [1.165, 1.54) is 63.4 Å². The Kier molecular flexibility index (Phi) is 6.20. The molecule has 4 unspecified atom stereocenters. The molecule has 0 aromatic carbocycles. The molecule has 2 rings (SSSR count). The van der Waals surface area contributed by atoms with Crippen LogP contribution in [0.5, 0.6) is 0 Å². The summed E-state index contributed by atoms with van der Waals surface area (Å²) in [6, 6.07) is 0. The van der Waals surface area contributed by atoms with E-state index in [9.17, 15) is 0 Å². The highest BCUT2D eigenvalue weighted by Crippen LogP contribution is 2.62. The fourth-order valence-electron chi connectivity index (χ4n) is 6.16. The maximum absolute atomic E-state index is 4.05. The average molecular weight is 317 g/mol. The highest BCUT2D eigenvalue weighted by molar-refractivity contribution is 5.16. The number of hydrogen-bond acceptors (Lipinski definition) is 0. The van der Waals surface area contributed by atoms with Crippen molar-refractivity contribution in [3.05, 3.63) is 24.3 Å². The fourth-order valence-corrected chi connectivity index (χ4v) is 6.16. The van der Waals surface area contributed by atoms with Gasteiger partial charge in [-0.1, -0.05) is 78.2 Å². The lowest BCUT2D eigenvalue weighted by molar-refractivity contribution is -0.0956. The zero-order valence-electron chi connectivity index (χ0n) is 16.5. The molecular formula is C23H40. The Balaban J connectivity index is 2.13. The van der Waals surface area contributed by atoms with Gasteiger partial charge in [0.15, 0.2) is 0 Å². The molecule has 2 saturated carbocycles. The number of allylic oxidation sites excluding steroid dienone is 3. The molecule has 0 spiro atoms. The molecule has 0 aromatic rings. The van der Waals surface area contributed by atoms with E-state index < -0.39 is 0 Å². The molecule has 132 valence electrons. The Hall–Kier alpha value is -0.520. The maximum atomic E-state index is 4.05. The van der Waals surface area contributed by atoms with E-state index in [0.29, 0.717) is 10.8 Å². The van der Waals surface area contributed by atoms with Gasteiger partial charge in [0.05, 0.1) is 0 Å². The van der Waals surface area contributed by atoms with Crippen molar-refractivity contribution in [3.63, 3.8) is 0 Å². The normalized spacial score (nSPS) is 37.3. The van der Waals surface area contributed by atoms with E-state index in [4.69, 9.17) is 0 Å². The minimum atomic E-state index is 0.546. The number of unbranched alkanes of at least 4 members (excludes halogenated alkanes) is 1. The predicted molar refractivity (Wildman–Crippen MR) is 104 cm³/mol. The van der Waals surface area contributed by atoms with Gasteiger partial charge in [-0.3, -0.25) is 0 Å². The van der Waals surface area contributed by atoms with Crippen molar-refractivity contribution in [1.82, 2.24) is 0 Å². The van der Waals surface area contributed by atoms with Crippen molar-refractivity contribution in [2.45, 2.75) is 92.4 Å². The molecule has 2 aliphatic carbocycles. The largest absolute Gasteiger partial charge is 0.0988 e. The van der Waals surface area contributed by atoms with Gasteiger partial charge in [0.25, 0.3) is 0 Å². The smallest absolute Gasteiger partial charge is 0.0261 e. The number of fused-ring (bicyclic) bond motifs is 1. The second-order valence-corrected chi connectivity index (χ2v) is 9.37. The van der Waals surface area contributed by atoms with Gasteiger partial charge < -0.3 is 0 Å². The summed E-state index contributed by atoms with van der Waals surface area (Å²) in [6.07, 6.45) is 16.8. The SMILES string of the molecule is C=C/C(=C\CCC)CCC1C(C)CCC2C(C)(C)CCCC12C. The maximum Gasteiger partial charge on any atom is -0.0261 e. The second kappa shape index (κ2) is 7.58. The summed E-state index contributed by atoms with van der Waals surface area (Å²) in [4.78, 5) is 0. The van der Waals surface area contributed by atoms with Gasteiger partial charge in [0.2, 0.25) is 0 Å². The van der Waals surface area contributed by atoms with Gasteiger partial charge in [-0.05, 0) is 67.1 Å². The highest BCUT2D eigenvalue weighted by Gasteiger charge is 2.53. The Labute approximate surface area is 145 Å². The summed E-state index contributed by atoms with van der Waals surface area (Å²) in [7, 11) is 0. The monoisotopic (exact) mass is 316 g/mol. The third kappa shape index (κ3) is 3.94. The van der Waals surface area contributed by atoms with E-state index >= 15 is 0 Å². The van der Waals surface area contributed by atoms with Crippen molar-refractivity contribution in [2.75, 3.05) is 0 Å². The van der Waals surface area contributed by atoms with Gasteiger partial charge in [-0.25, -0.2) is 0 Å². The number of hydrogen-bond donors (Lipinski definition) is 0. The van der Waals surface area contributed by atoms with E-state index in [0.717, 1.165) is 17.8 Å². The Morgan fingerprint density at radius 1 is 1.17 bits per heavy atom. The van der Waals surface area contributed by atoms with E-state index in [2.05, 4.69) is 53.3 Å². The summed E-state index contributed by atoms with van der Waals surface area (Å²) in [6.45, 7) is 16.6. The lowest BCUT2D eigenvalue weighted by Crippen LogP contribution is -2.51. The standard InChI is InChI=1S/C23H40/c1-7-9-11-19(8-2)13-14-20-18(3)12-15-21-22(4,5)16-10-17-23(20,21)6/h8,11,18,20-21H,2,7,9-10,12-17H2,1,3-6H3/b19-11+. The zero-order chi connectivity index (χ0) is 17.1. The molecule has 2 aliphatic rings. The molecule has 2 fully saturated rings. The number of rotatable bonds is 6. The van der Waals surface area contributed by atoms with E-state index in [-0.39, 0.29) is 0 Å². The van der Waals surface area contributed by atoms with Crippen molar-refractivity contribution >= 4 is 0 Å². The van der Waals surface area contributed by atoms with Crippen LogP contribution in [0.15, 0.2) is 24.3 Å². The summed E-state index contributed by atoms with van der Waals surface area (Å²) in [5.74, 6) is 2.71. The lowest BCUT2D eigenvalue weighted by Gasteiger charge is -2.59. The van der Waals surface area contributed by atoms with Crippen LogP contribution in [0.3, 0.4) is 0 Å². The zero-order valence-corrected chi connectivity index (χ0v) is 16.5. The minimum Gasteiger partial charge on any atom is -0.0988 e. The molecule has 0 N–H and O–H groups in total. The van der Waals surface area contributed by atoms with Gasteiger partial charge in [-0.2, -0.15) is 0 Å². The molecule has 23 heavy (non-hydrogen) atoms. The molecule has 0 radical (unpaired) electrons. The van der Waals surface area contributed by atoms with Crippen LogP contribution in [-0.4, -0.2) is 0 Å². The van der Waals surface area contributed by atoms with Crippen LogP contribution in [0.1, 0.15) is 92.4 Å². The molecular weight excluding hydrogens is 276 g/mol.